The van der Waals surface area contributed by atoms with Gasteiger partial charge in [-0.1, -0.05) is 76.2 Å². The first-order valence-corrected chi connectivity index (χ1v) is 7.52. The molecule has 0 aromatic heterocycles. The van der Waals surface area contributed by atoms with Crippen molar-refractivity contribution >= 4 is 64.0 Å². The van der Waals surface area contributed by atoms with Crippen LogP contribution < -0.4 is 0 Å². The molecular weight excluding hydrogens is 377 g/mol. The Labute approximate surface area is 146 Å². The lowest BCUT2D eigenvalue weighted by atomic mass is 10.2. The van der Waals surface area contributed by atoms with E-state index in [2.05, 4.69) is 0 Å². The van der Waals surface area contributed by atoms with Gasteiger partial charge in [-0.25, -0.2) is 4.79 Å². The summed E-state index contributed by atoms with van der Waals surface area (Å²) >= 11 is 29.9. The maximum absolute atomic E-state index is 12.0. The number of hydrogen-bond donors (Lipinski definition) is 0. The number of hydrogen-bond acceptors (Lipinski definition) is 2. The zero-order valence-electron chi connectivity index (χ0n) is 10.2. The van der Waals surface area contributed by atoms with E-state index in [1.165, 1.54) is 12.1 Å². The fraction of sp³-hybridized carbons (Fsp3) is 0.0714. The summed E-state index contributed by atoms with van der Waals surface area (Å²) < 4.78 is 3.10. The van der Waals surface area contributed by atoms with Crippen molar-refractivity contribution in [2.45, 2.75) is 4.52 Å². The zero-order valence-corrected chi connectivity index (χ0v) is 14.0. The maximum atomic E-state index is 12.0. The lowest BCUT2D eigenvalue weighted by Crippen LogP contribution is -2.21. The maximum Gasteiger partial charge on any atom is 0.341 e. The topological polar surface area (TPSA) is 26.3 Å². The van der Waals surface area contributed by atoms with Crippen molar-refractivity contribution in [3.63, 3.8) is 0 Å². The van der Waals surface area contributed by atoms with Gasteiger partial charge in [0.1, 0.15) is 0 Å². The van der Waals surface area contributed by atoms with E-state index < -0.39 is 10.5 Å². The third kappa shape index (κ3) is 3.77. The summed E-state index contributed by atoms with van der Waals surface area (Å²) in [6.45, 7) is 0. The van der Waals surface area contributed by atoms with Gasteiger partial charge < -0.3 is 4.74 Å². The van der Waals surface area contributed by atoms with E-state index in [1.807, 2.05) is 0 Å². The minimum atomic E-state index is -1.99. The smallest absolute Gasteiger partial charge is 0.341 e. The Hall–Kier alpha value is -0.640. The molecule has 0 N–H and O–H groups in total. The van der Waals surface area contributed by atoms with Gasteiger partial charge in [-0.15, -0.1) is 0 Å². The van der Waals surface area contributed by atoms with Gasteiger partial charge >= 0.3 is 5.97 Å². The van der Waals surface area contributed by atoms with Crippen LogP contribution in [-0.2, 0) is 9.26 Å². The Morgan fingerprint density at radius 1 is 0.905 bits per heavy atom. The highest BCUT2D eigenvalue weighted by molar-refractivity contribution is 6.51. The molecule has 0 spiro atoms. The molecule has 21 heavy (non-hydrogen) atoms. The molecule has 2 aromatic carbocycles. The number of carbonyl (C=O) groups is 1. The quantitative estimate of drug-likeness (QED) is 0.363. The van der Waals surface area contributed by atoms with Crippen molar-refractivity contribution in [1.29, 1.82) is 0 Å². The molecule has 0 fully saturated rings. The van der Waals surface area contributed by atoms with E-state index in [9.17, 15) is 4.79 Å². The number of ether oxygens (including phenoxy) is 1. The van der Waals surface area contributed by atoms with E-state index in [-0.39, 0.29) is 20.6 Å². The summed E-state index contributed by atoms with van der Waals surface area (Å²) in [5, 5.41) is 0.344. The minimum Gasteiger partial charge on any atom is -0.421 e. The Morgan fingerprint density at radius 3 is 2.14 bits per heavy atom. The van der Waals surface area contributed by atoms with Crippen LogP contribution in [-0.4, -0.2) is 5.97 Å². The lowest BCUT2D eigenvalue weighted by molar-refractivity contribution is 0.0368. The standard InChI is InChI=1S/C14H7Cl5O2/c15-10-7-6-9(11(16)12(10)17)14(18,19)21-13(20)8-4-2-1-3-5-8/h1-7H. The first-order valence-electron chi connectivity index (χ1n) is 5.63. The fourth-order valence-electron chi connectivity index (χ4n) is 1.56. The van der Waals surface area contributed by atoms with Crippen LogP contribution in [0.2, 0.25) is 15.1 Å². The Kier molecular flexibility index (Phi) is 5.29. The molecule has 7 heteroatoms. The van der Waals surface area contributed by atoms with Crippen molar-refractivity contribution in [3.8, 4) is 0 Å². The summed E-state index contributed by atoms with van der Waals surface area (Å²) in [5.41, 5.74) is 0.436. The van der Waals surface area contributed by atoms with Crippen LogP contribution in [0.25, 0.3) is 0 Å². The predicted octanol–water partition coefficient (Wildman–Crippen LogP) is 6.09. The average Bonchev–Trinajstić information content (AvgIpc) is 2.45. The van der Waals surface area contributed by atoms with Gasteiger partial charge in [0.15, 0.2) is 0 Å². The van der Waals surface area contributed by atoms with Gasteiger partial charge in [0.2, 0.25) is 0 Å². The number of halogens is 5. The van der Waals surface area contributed by atoms with Crippen molar-refractivity contribution in [2.75, 3.05) is 0 Å². The number of benzene rings is 2. The molecule has 2 rings (SSSR count). The first kappa shape index (κ1) is 16.7. The fourth-order valence-corrected chi connectivity index (χ4v) is 2.78. The highest BCUT2D eigenvalue weighted by Gasteiger charge is 2.35. The molecule has 0 atom stereocenters. The van der Waals surface area contributed by atoms with Gasteiger partial charge in [-0.05, 0) is 24.3 Å². The predicted molar refractivity (Wildman–Crippen MR) is 86.7 cm³/mol. The van der Waals surface area contributed by atoms with Crippen molar-refractivity contribution < 1.29 is 9.53 Å². The van der Waals surface area contributed by atoms with Gasteiger partial charge in [0.25, 0.3) is 4.52 Å². The monoisotopic (exact) mass is 382 g/mol. The Morgan fingerprint density at radius 2 is 1.52 bits per heavy atom. The van der Waals surface area contributed by atoms with Crippen molar-refractivity contribution in [2.24, 2.45) is 0 Å². The van der Waals surface area contributed by atoms with Crippen LogP contribution in [0.15, 0.2) is 42.5 Å². The molecule has 2 aromatic rings. The van der Waals surface area contributed by atoms with Gasteiger partial charge in [0, 0.05) is 5.56 Å². The Balaban J connectivity index is 2.31. The summed E-state index contributed by atoms with van der Waals surface area (Å²) in [5.74, 6) is -0.692. The highest BCUT2D eigenvalue weighted by atomic mass is 35.5. The molecule has 2 nitrogen and oxygen atoms in total. The normalized spacial score (nSPS) is 11.3. The second kappa shape index (κ2) is 6.64. The molecule has 110 valence electrons. The van der Waals surface area contributed by atoms with Crippen molar-refractivity contribution in [1.82, 2.24) is 0 Å². The molecule has 0 heterocycles. The van der Waals surface area contributed by atoms with Crippen LogP contribution in [0.1, 0.15) is 15.9 Å². The second-order valence-corrected chi connectivity index (χ2v) is 6.42. The lowest BCUT2D eigenvalue weighted by Gasteiger charge is -2.22. The van der Waals surface area contributed by atoms with E-state index in [0.717, 1.165) is 0 Å². The van der Waals surface area contributed by atoms with E-state index in [1.54, 1.807) is 30.3 Å². The molecule has 0 bridgehead atoms. The third-order valence-corrected chi connectivity index (χ3v) is 4.43. The van der Waals surface area contributed by atoms with Gasteiger partial charge in [0.05, 0.1) is 20.6 Å². The number of alkyl halides is 2. The molecule has 0 unspecified atom stereocenters. The molecule has 0 saturated carbocycles. The zero-order chi connectivity index (χ0) is 15.6. The number of carbonyl (C=O) groups excluding carboxylic acids is 1. The first-order chi connectivity index (χ1) is 9.83. The van der Waals surface area contributed by atoms with Crippen molar-refractivity contribution in [3.05, 3.63) is 68.7 Å². The van der Waals surface area contributed by atoms with Gasteiger partial charge in [-0.2, -0.15) is 0 Å². The van der Waals surface area contributed by atoms with E-state index in [4.69, 9.17) is 62.7 Å². The molecule has 0 aliphatic rings. The minimum absolute atomic E-state index is 0.0232. The number of rotatable bonds is 3. The summed E-state index contributed by atoms with van der Waals surface area (Å²) in [7, 11) is 0. The summed E-state index contributed by atoms with van der Waals surface area (Å²) in [6, 6.07) is 11.2. The molecule has 0 amide bonds. The second-order valence-electron chi connectivity index (χ2n) is 4.00. The molecule has 0 aliphatic heterocycles. The van der Waals surface area contributed by atoms with Crippen LogP contribution in [0.3, 0.4) is 0 Å². The summed E-state index contributed by atoms with van der Waals surface area (Å²) in [6.07, 6.45) is 0. The van der Waals surface area contributed by atoms with Crippen LogP contribution in [0.4, 0.5) is 0 Å². The SMILES string of the molecule is O=C(OC(Cl)(Cl)c1ccc(Cl)c(Cl)c1Cl)c1ccccc1. The molecule has 0 saturated heterocycles. The van der Waals surface area contributed by atoms with E-state index in [0.29, 0.717) is 5.56 Å². The Bertz CT molecular complexity index is 671. The number of esters is 1. The average molecular weight is 384 g/mol. The van der Waals surface area contributed by atoms with Crippen LogP contribution >= 0.6 is 58.0 Å². The van der Waals surface area contributed by atoms with E-state index >= 15 is 0 Å². The highest BCUT2D eigenvalue weighted by Crippen LogP contribution is 2.44. The molecule has 0 aliphatic carbocycles. The van der Waals surface area contributed by atoms with Crippen LogP contribution in [0, 0.1) is 0 Å². The molecular formula is C14H7Cl5O2. The summed E-state index contributed by atoms with van der Waals surface area (Å²) in [4.78, 5) is 12.0. The molecule has 0 radical (unpaired) electrons. The largest absolute Gasteiger partial charge is 0.421 e. The third-order valence-electron chi connectivity index (χ3n) is 2.58. The van der Waals surface area contributed by atoms with Crippen LogP contribution in [0.5, 0.6) is 0 Å². The van der Waals surface area contributed by atoms with Gasteiger partial charge in [-0.3, -0.25) is 0 Å².